The molecule has 0 aliphatic rings. The highest BCUT2D eigenvalue weighted by Crippen LogP contribution is 2.33. The van der Waals surface area contributed by atoms with Crippen LogP contribution in [0.5, 0.6) is 0 Å². The molecule has 2 rings (SSSR count). The third kappa shape index (κ3) is 3.31. The van der Waals surface area contributed by atoms with Crippen LogP contribution in [-0.4, -0.2) is 25.7 Å². The summed E-state index contributed by atoms with van der Waals surface area (Å²) in [7, 11) is 0. The minimum Gasteiger partial charge on any atom is -0.375 e. The van der Waals surface area contributed by atoms with Crippen molar-refractivity contribution < 1.29 is 9.90 Å². The maximum absolute atomic E-state index is 12.8. The fraction of sp³-hybridized carbons (Fsp3) is 0.400. The molecular weight excluding hydrogens is 290 g/mol. The third-order valence-corrected chi connectivity index (χ3v) is 3.49. The van der Waals surface area contributed by atoms with Gasteiger partial charge in [-0.05, 0) is 17.7 Å². The van der Waals surface area contributed by atoms with E-state index in [-0.39, 0.29) is 12.3 Å². The van der Waals surface area contributed by atoms with E-state index in [0.717, 1.165) is 0 Å². The Morgan fingerprint density at radius 3 is 2.38 bits per heavy atom. The molecule has 0 amide bonds. The van der Waals surface area contributed by atoms with Crippen molar-refractivity contribution in [3.05, 3.63) is 47.5 Å². The van der Waals surface area contributed by atoms with Crippen molar-refractivity contribution in [2.24, 2.45) is 5.41 Å². The molecule has 0 spiro atoms. The minimum atomic E-state index is -1.68. The lowest BCUT2D eigenvalue weighted by molar-refractivity contribution is -0.148. The van der Waals surface area contributed by atoms with Gasteiger partial charge in [-0.2, -0.15) is 5.10 Å². The fourth-order valence-corrected chi connectivity index (χ4v) is 2.31. The number of Topliss-reactive ketones (excluding diaryl/α,β-unsaturated/α-hetero) is 1. The summed E-state index contributed by atoms with van der Waals surface area (Å²) in [5.74, 6) is -0.284. The maximum atomic E-state index is 12.8. The maximum Gasteiger partial charge on any atom is 0.176 e. The predicted octanol–water partition coefficient (Wildman–Crippen LogP) is 2.43. The summed E-state index contributed by atoms with van der Waals surface area (Å²) >= 11 is 5.88. The Balaban J connectivity index is 2.47. The van der Waals surface area contributed by atoms with Gasteiger partial charge in [0.05, 0.1) is 6.54 Å². The molecule has 1 aromatic heterocycles. The van der Waals surface area contributed by atoms with Crippen molar-refractivity contribution >= 4 is 17.4 Å². The van der Waals surface area contributed by atoms with Crippen LogP contribution in [0.2, 0.25) is 5.02 Å². The van der Waals surface area contributed by atoms with E-state index in [2.05, 4.69) is 10.1 Å². The number of aromatic nitrogens is 3. The third-order valence-electron chi connectivity index (χ3n) is 3.24. The highest BCUT2D eigenvalue weighted by molar-refractivity contribution is 6.30. The van der Waals surface area contributed by atoms with Crippen molar-refractivity contribution in [1.82, 2.24) is 14.8 Å². The van der Waals surface area contributed by atoms with Gasteiger partial charge in [0.2, 0.25) is 0 Å². The SMILES string of the molecule is CC(C)(C)C(=O)C(O)(Cn1cncn1)c1ccc(Cl)cc1. The minimum absolute atomic E-state index is 0.00470. The number of hydrogen-bond donors (Lipinski definition) is 1. The highest BCUT2D eigenvalue weighted by Gasteiger charge is 2.44. The summed E-state index contributed by atoms with van der Waals surface area (Å²) < 4.78 is 1.44. The molecule has 2 aromatic rings. The van der Waals surface area contributed by atoms with E-state index < -0.39 is 11.0 Å². The van der Waals surface area contributed by atoms with Gasteiger partial charge in [0, 0.05) is 10.4 Å². The van der Waals surface area contributed by atoms with Gasteiger partial charge in [-0.3, -0.25) is 4.79 Å². The molecule has 0 aliphatic carbocycles. The van der Waals surface area contributed by atoms with Gasteiger partial charge in [0.15, 0.2) is 11.4 Å². The van der Waals surface area contributed by atoms with E-state index in [1.807, 2.05) is 0 Å². The molecule has 0 bridgehead atoms. The summed E-state index contributed by atoms with van der Waals surface area (Å²) in [5.41, 5.74) is -1.90. The average molecular weight is 308 g/mol. The van der Waals surface area contributed by atoms with Gasteiger partial charge >= 0.3 is 0 Å². The van der Waals surface area contributed by atoms with Crippen LogP contribution < -0.4 is 0 Å². The fourth-order valence-electron chi connectivity index (χ4n) is 2.19. The Bertz CT molecular complexity index is 617. The van der Waals surface area contributed by atoms with Crippen molar-refractivity contribution in [3.8, 4) is 0 Å². The first-order valence-electron chi connectivity index (χ1n) is 6.59. The number of rotatable bonds is 4. The summed E-state index contributed by atoms with van der Waals surface area (Å²) in [4.78, 5) is 16.6. The zero-order valence-electron chi connectivity index (χ0n) is 12.2. The van der Waals surface area contributed by atoms with E-state index in [1.54, 1.807) is 45.0 Å². The number of carbonyl (C=O) groups is 1. The largest absolute Gasteiger partial charge is 0.375 e. The number of benzene rings is 1. The van der Waals surface area contributed by atoms with Gasteiger partial charge in [-0.15, -0.1) is 0 Å². The number of hydrogen-bond acceptors (Lipinski definition) is 4. The van der Waals surface area contributed by atoms with Gasteiger partial charge in [0.25, 0.3) is 0 Å². The van der Waals surface area contributed by atoms with E-state index in [9.17, 15) is 9.90 Å². The molecule has 5 nitrogen and oxygen atoms in total. The molecular formula is C15H18ClN3O2. The Kier molecular flexibility index (Phi) is 4.16. The molecule has 1 aromatic carbocycles. The molecule has 0 saturated heterocycles. The summed E-state index contributed by atoms with van der Waals surface area (Å²) in [5, 5.41) is 15.6. The molecule has 1 atom stereocenters. The van der Waals surface area contributed by atoms with Crippen LogP contribution in [0.15, 0.2) is 36.9 Å². The smallest absolute Gasteiger partial charge is 0.176 e. The first-order chi connectivity index (χ1) is 9.73. The second kappa shape index (κ2) is 5.58. The van der Waals surface area contributed by atoms with Gasteiger partial charge in [-0.1, -0.05) is 44.5 Å². The van der Waals surface area contributed by atoms with Crippen molar-refractivity contribution in [1.29, 1.82) is 0 Å². The van der Waals surface area contributed by atoms with Crippen LogP contribution in [0, 0.1) is 5.41 Å². The van der Waals surface area contributed by atoms with Gasteiger partial charge < -0.3 is 5.11 Å². The average Bonchev–Trinajstić information content (AvgIpc) is 2.90. The first-order valence-corrected chi connectivity index (χ1v) is 6.97. The summed E-state index contributed by atoms with van der Waals surface area (Å²) in [6, 6.07) is 6.62. The Morgan fingerprint density at radius 2 is 1.90 bits per heavy atom. The topological polar surface area (TPSA) is 68.0 Å². The number of aliphatic hydroxyl groups is 1. The van der Waals surface area contributed by atoms with Crippen LogP contribution in [0.25, 0.3) is 0 Å². The molecule has 21 heavy (non-hydrogen) atoms. The zero-order chi connectivity index (χ0) is 15.7. The second-order valence-corrected chi connectivity index (χ2v) is 6.48. The Hall–Kier alpha value is -1.72. The molecule has 0 radical (unpaired) electrons. The Labute approximate surface area is 128 Å². The predicted molar refractivity (Wildman–Crippen MR) is 79.8 cm³/mol. The van der Waals surface area contributed by atoms with Crippen molar-refractivity contribution in [2.45, 2.75) is 32.9 Å². The standard InChI is InChI=1S/C15H18ClN3O2/c1-14(2,3)13(20)15(21,8-19-10-17-9-18-19)11-4-6-12(16)7-5-11/h4-7,9-10,21H,8H2,1-3H3. The first kappa shape index (κ1) is 15.7. The molecule has 1 unspecified atom stereocenters. The lowest BCUT2D eigenvalue weighted by atomic mass is 9.76. The second-order valence-electron chi connectivity index (χ2n) is 6.04. The molecule has 0 fully saturated rings. The normalized spacial score (nSPS) is 14.7. The lowest BCUT2D eigenvalue weighted by Crippen LogP contribution is -2.46. The number of halogens is 1. The van der Waals surface area contributed by atoms with Crippen molar-refractivity contribution in [2.75, 3.05) is 0 Å². The van der Waals surface area contributed by atoms with Crippen LogP contribution in [0.3, 0.4) is 0 Å². The molecule has 1 N–H and O–H groups in total. The zero-order valence-corrected chi connectivity index (χ0v) is 13.0. The van der Waals surface area contributed by atoms with Gasteiger partial charge in [-0.25, -0.2) is 9.67 Å². The van der Waals surface area contributed by atoms with Gasteiger partial charge in [0.1, 0.15) is 12.7 Å². The van der Waals surface area contributed by atoms with E-state index in [1.165, 1.54) is 17.3 Å². The molecule has 0 aliphatic heterocycles. The lowest BCUT2D eigenvalue weighted by Gasteiger charge is -2.33. The Morgan fingerprint density at radius 1 is 1.29 bits per heavy atom. The summed E-state index contributed by atoms with van der Waals surface area (Å²) in [6.45, 7) is 5.33. The van der Waals surface area contributed by atoms with E-state index in [0.29, 0.717) is 10.6 Å². The summed E-state index contributed by atoms with van der Waals surface area (Å²) in [6.07, 6.45) is 2.83. The molecule has 6 heteroatoms. The highest BCUT2D eigenvalue weighted by atomic mass is 35.5. The quantitative estimate of drug-likeness (QED) is 0.942. The molecule has 0 saturated carbocycles. The van der Waals surface area contributed by atoms with Crippen molar-refractivity contribution in [3.63, 3.8) is 0 Å². The van der Waals surface area contributed by atoms with Crippen LogP contribution in [0.4, 0.5) is 0 Å². The van der Waals surface area contributed by atoms with E-state index >= 15 is 0 Å². The molecule has 112 valence electrons. The van der Waals surface area contributed by atoms with Crippen LogP contribution >= 0.6 is 11.6 Å². The van der Waals surface area contributed by atoms with E-state index in [4.69, 9.17) is 11.6 Å². The molecule has 1 heterocycles. The monoisotopic (exact) mass is 307 g/mol. The number of nitrogens with zero attached hydrogens (tertiary/aromatic N) is 3. The number of ketones is 1. The number of carbonyl (C=O) groups excluding carboxylic acids is 1. The van der Waals surface area contributed by atoms with Crippen LogP contribution in [-0.2, 0) is 16.9 Å². The van der Waals surface area contributed by atoms with Crippen LogP contribution in [0.1, 0.15) is 26.3 Å².